The molecule has 4 aromatic rings. The number of fused-ring (bicyclic) bond motifs is 2. The largest absolute Gasteiger partial charge is 0.494 e. The van der Waals surface area contributed by atoms with Crippen LogP contribution in [0.5, 0.6) is 5.75 Å². The zero-order chi connectivity index (χ0) is 32.1. The molecular weight excluding hydrogens is 602 g/mol. The molecule has 6 rings (SSSR count). The van der Waals surface area contributed by atoms with E-state index in [4.69, 9.17) is 41.0 Å². The van der Waals surface area contributed by atoms with E-state index in [-0.39, 0.29) is 19.1 Å². The molecule has 2 bridgehead atoms. The molecular formula is C38H42ClNO6. The van der Waals surface area contributed by atoms with Crippen LogP contribution in [-0.2, 0) is 44.4 Å². The van der Waals surface area contributed by atoms with Crippen molar-refractivity contribution in [3.63, 3.8) is 0 Å². The van der Waals surface area contributed by atoms with Crippen LogP contribution in [0.25, 0.3) is 0 Å². The third-order valence-corrected chi connectivity index (χ3v) is 9.58. The van der Waals surface area contributed by atoms with E-state index >= 15 is 0 Å². The Balaban J connectivity index is 1.40. The molecule has 0 aromatic heterocycles. The van der Waals surface area contributed by atoms with Crippen LogP contribution < -0.4 is 10.5 Å². The Labute approximate surface area is 276 Å². The molecule has 6 atom stereocenters. The van der Waals surface area contributed by atoms with E-state index in [9.17, 15) is 5.11 Å². The second-order valence-corrected chi connectivity index (χ2v) is 12.5. The number of nitrogens with two attached hydrogens (primary N) is 1. The summed E-state index contributed by atoms with van der Waals surface area (Å²) in [5.74, 6) is -0.887. The van der Waals surface area contributed by atoms with Gasteiger partial charge in [0.1, 0.15) is 17.5 Å². The van der Waals surface area contributed by atoms with Crippen LogP contribution in [0.4, 0.5) is 0 Å². The number of halogens is 1. The average Bonchev–Trinajstić information content (AvgIpc) is 3.47. The number of aliphatic hydroxyl groups excluding tert-OH is 1. The minimum Gasteiger partial charge on any atom is -0.494 e. The summed E-state index contributed by atoms with van der Waals surface area (Å²) < 4.78 is 32.8. The van der Waals surface area contributed by atoms with Gasteiger partial charge in [-0.2, -0.15) is 0 Å². The van der Waals surface area contributed by atoms with E-state index in [2.05, 4.69) is 0 Å². The molecule has 0 spiro atoms. The fourth-order valence-electron chi connectivity index (χ4n) is 6.64. The lowest BCUT2D eigenvalue weighted by Gasteiger charge is -2.51. The summed E-state index contributed by atoms with van der Waals surface area (Å²) >= 11 is 6.79. The lowest BCUT2D eigenvalue weighted by atomic mass is 9.74. The van der Waals surface area contributed by atoms with E-state index in [1.165, 1.54) is 0 Å². The highest BCUT2D eigenvalue weighted by Crippen LogP contribution is 2.55. The van der Waals surface area contributed by atoms with Crippen molar-refractivity contribution in [3.05, 3.63) is 136 Å². The van der Waals surface area contributed by atoms with Gasteiger partial charge in [0.15, 0.2) is 0 Å². The first-order valence-corrected chi connectivity index (χ1v) is 16.3. The zero-order valence-corrected chi connectivity index (χ0v) is 27.1. The summed E-state index contributed by atoms with van der Waals surface area (Å²) in [5.41, 5.74) is 9.74. The smallest absolute Gasteiger partial charge is 0.225 e. The van der Waals surface area contributed by atoms with E-state index in [0.29, 0.717) is 31.3 Å². The molecule has 7 nitrogen and oxygen atoms in total. The predicted molar refractivity (Wildman–Crippen MR) is 178 cm³/mol. The van der Waals surface area contributed by atoms with Crippen LogP contribution in [0.3, 0.4) is 0 Å². The van der Waals surface area contributed by atoms with Crippen LogP contribution >= 0.6 is 11.6 Å². The van der Waals surface area contributed by atoms with Gasteiger partial charge in [0, 0.05) is 23.0 Å². The second kappa shape index (κ2) is 14.2. The number of rotatable bonds is 13. The molecule has 1 unspecified atom stereocenters. The Kier molecular flexibility index (Phi) is 10.1. The SMILES string of the molecule is CCOc1ccc(Cc2cc([C@]34OC[C@](C(O)CN)(O3)[C@@H](C)[C@H](OCc3ccccc3)[C@H]4OCc3ccccc3)ccc2Cl)cc1. The van der Waals surface area contributed by atoms with E-state index in [0.717, 1.165) is 33.6 Å². The Morgan fingerprint density at radius 3 is 2.17 bits per heavy atom. The number of aliphatic hydroxyl groups is 1. The van der Waals surface area contributed by atoms with Crippen molar-refractivity contribution in [2.24, 2.45) is 11.7 Å². The molecule has 2 heterocycles. The molecule has 0 saturated carbocycles. The summed E-state index contributed by atoms with van der Waals surface area (Å²) in [6.07, 6.45) is -1.60. The van der Waals surface area contributed by atoms with Crippen molar-refractivity contribution < 1.29 is 28.8 Å². The van der Waals surface area contributed by atoms with Gasteiger partial charge < -0.3 is 34.5 Å². The van der Waals surface area contributed by atoms with Gasteiger partial charge in [0.2, 0.25) is 5.79 Å². The molecule has 0 amide bonds. The highest BCUT2D eigenvalue weighted by Gasteiger charge is 2.69. The maximum atomic E-state index is 11.4. The van der Waals surface area contributed by atoms with Crippen LogP contribution in [-0.4, -0.2) is 48.8 Å². The van der Waals surface area contributed by atoms with Crippen LogP contribution in [0.15, 0.2) is 103 Å². The van der Waals surface area contributed by atoms with Gasteiger partial charge in [0.25, 0.3) is 0 Å². The molecule has 0 aliphatic carbocycles. The van der Waals surface area contributed by atoms with Crippen LogP contribution in [0, 0.1) is 5.92 Å². The van der Waals surface area contributed by atoms with Gasteiger partial charge in [-0.3, -0.25) is 0 Å². The second-order valence-electron chi connectivity index (χ2n) is 12.1. The molecule has 2 fully saturated rings. The molecule has 3 N–H and O–H groups in total. The molecule has 46 heavy (non-hydrogen) atoms. The van der Waals surface area contributed by atoms with Crippen molar-refractivity contribution in [1.82, 2.24) is 0 Å². The van der Waals surface area contributed by atoms with Gasteiger partial charge in [-0.1, -0.05) is 97.4 Å². The lowest BCUT2D eigenvalue weighted by molar-refractivity contribution is -0.343. The Bertz CT molecular complexity index is 1570. The molecule has 4 aromatic carbocycles. The van der Waals surface area contributed by atoms with Gasteiger partial charge in [-0.25, -0.2) is 0 Å². The maximum absolute atomic E-state index is 11.4. The van der Waals surface area contributed by atoms with Crippen molar-refractivity contribution in [1.29, 1.82) is 0 Å². The highest BCUT2D eigenvalue weighted by atomic mass is 35.5. The zero-order valence-electron chi connectivity index (χ0n) is 26.3. The molecule has 0 radical (unpaired) electrons. The Hall–Kier alpha value is -3.27. The highest BCUT2D eigenvalue weighted by molar-refractivity contribution is 6.31. The van der Waals surface area contributed by atoms with Crippen molar-refractivity contribution in [3.8, 4) is 5.75 Å². The van der Waals surface area contributed by atoms with Crippen LogP contribution in [0.1, 0.15) is 41.7 Å². The van der Waals surface area contributed by atoms with Gasteiger partial charge >= 0.3 is 0 Å². The Morgan fingerprint density at radius 2 is 1.54 bits per heavy atom. The number of benzene rings is 4. The number of hydrogen-bond acceptors (Lipinski definition) is 7. The van der Waals surface area contributed by atoms with Gasteiger partial charge in [-0.05, 0) is 59.9 Å². The number of hydrogen-bond donors (Lipinski definition) is 2. The third-order valence-electron chi connectivity index (χ3n) is 9.21. The summed E-state index contributed by atoms with van der Waals surface area (Å²) in [6.45, 7) is 5.40. The lowest BCUT2D eigenvalue weighted by Crippen LogP contribution is -2.66. The quantitative estimate of drug-likeness (QED) is 0.174. The number of ether oxygens (including phenoxy) is 5. The summed E-state index contributed by atoms with van der Waals surface area (Å²) in [4.78, 5) is 0. The molecule has 242 valence electrons. The minimum atomic E-state index is -1.39. The van der Waals surface area contributed by atoms with Crippen molar-refractivity contribution in [2.75, 3.05) is 19.8 Å². The van der Waals surface area contributed by atoms with Crippen molar-refractivity contribution in [2.45, 2.75) is 63.2 Å². The fourth-order valence-corrected chi connectivity index (χ4v) is 6.82. The Morgan fingerprint density at radius 1 is 0.891 bits per heavy atom. The molecule has 2 aliphatic rings. The van der Waals surface area contributed by atoms with Crippen molar-refractivity contribution >= 4 is 11.6 Å². The monoisotopic (exact) mass is 643 g/mol. The fraction of sp³-hybridized carbons (Fsp3) is 0.368. The maximum Gasteiger partial charge on any atom is 0.225 e. The topological polar surface area (TPSA) is 92.4 Å². The standard InChI is InChI=1S/C38H42ClNO6/c1-3-42-32-17-14-27(15-18-32)20-30-21-31(16-19-33(30)39)38-36(44-24-29-12-8-5-9-13-29)35(43-23-28-10-6-4-7-11-28)26(2)37(46-38,25-45-38)34(41)22-40/h4-19,21,26,34-36,41H,3,20,22-25,40H2,1-2H3/t26-,34?,35-,36+,37-,38-/m0/s1. The first-order valence-electron chi connectivity index (χ1n) is 15.9. The normalized spacial score (nSPS) is 26.2. The minimum absolute atomic E-state index is 0.00827. The third kappa shape index (κ3) is 6.46. The van der Waals surface area contributed by atoms with Gasteiger partial charge in [-0.15, -0.1) is 0 Å². The van der Waals surface area contributed by atoms with E-state index < -0.39 is 29.7 Å². The van der Waals surface area contributed by atoms with Gasteiger partial charge in [0.05, 0.1) is 38.6 Å². The molecule has 2 saturated heterocycles. The average molecular weight is 644 g/mol. The van der Waals surface area contributed by atoms with E-state index in [1.54, 1.807) is 0 Å². The van der Waals surface area contributed by atoms with Crippen LogP contribution in [0.2, 0.25) is 5.02 Å². The molecule has 2 aliphatic heterocycles. The summed E-state index contributed by atoms with van der Waals surface area (Å²) in [5, 5.41) is 12.0. The summed E-state index contributed by atoms with van der Waals surface area (Å²) in [6, 6.07) is 33.8. The summed E-state index contributed by atoms with van der Waals surface area (Å²) in [7, 11) is 0. The predicted octanol–water partition coefficient (Wildman–Crippen LogP) is 6.41. The first kappa shape index (κ1) is 32.7. The first-order chi connectivity index (χ1) is 22.4. The molecule has 8 heteroatoms. The van der Waals surface area contributed by atoms with E-state index in [1.807, 2.05) is 117 Å².